The second kappa shape index (κ2) is 22.5. The largest absolute Gasteiger partial charge is 0.508 e. The molecule has 0 radical (unpaired) electrons. The first kappa shape index (κ1) is 47.3. The van der Waals surface area contributed by atoms with Crippen LogP contribution < -0.4 is 32.3 Å². The Bertz CT molecular complexity index is 2580. The minimum Gasteiger partial charge on any atom is -0.508 e. The average Bonchev–Trinajstić information content (AvgIpc) is 4.08. The zero-order valence-corrected chi connectivity index (χ0v) is 36.2. The molecule has 0 aliphatic heterocycles. The first-order valence-corrected chi connectivity index (χ1v) is 22.2. The van der Waals surface area contributed by atoms with Gasteiger partial charge in [-0.3, -0.25) is 24.0 Å². The van der Waals surface area contributed by atoms with Crippen molar-refractivity contribution in [1.82, 2.24) is 46.5 Å². The highest BCUT2D eigenvalue weighted by atomic mass is 32.2. The number of nitrogens with two attached hydrogens (primary N) is 1. The second-order valence-electron chi connectivity index (χ2n) is 15.5. The zero-order chi connectivity index (χ0) is 46.5. The first-order valence-electron chi connectivity index (χ1n) is 20.8. The molecule has 3 heterocycles. The average molecular weight is 909 g/mol. The van der Waals surface area contributed by atoms with E-state index in [1.54, 1.807) is 24.5 Å². The van der Waals surface area contributed by atoms with E-state index in [0.717, 1.165) is 21.8 Å². The number of carbonyl (C=O) groups excluding carboxylic acids is 5. The number of aliphatic hydroxyl groups is 1. The SMILES string of the molecule is CSCC[C@H](NC(=O)[C@H](Cc1c[nH]c2ccccc12)NC(=O)[C@H](Cc1ccc(O)cc1)NC(=O)[C@@H](N)CO)C(=O)N[C@@H](Cc1cnc[nH]1)C(=O)N[C@@H](Cc1c[nH]c2ccccc12)C(=O)O. The normalized spacial score (nSPS) is 14.1. The summed E-state index contributed by atoms with van der Waals surface area (Å²) in [5.41, 5.74) is 9.69. The third kappa shape index (κ3) is 12.7. The van der Waals surface area contributed by atoms with Gasteiger partial charge in [0.05, 0.1) is 12.9 Å². The van der Waals surface area contributed by atoms with E-state index in [-0.39, 0.29) is 37.9 Å². The number of carbonyl (C=O) groups is 6. The van der Waals surface area contributed by atoms with E-state index in [4.69, 9.17) is 5.73 Å². The number of amides is 5. The fourth-order valence-electron chi connectivity index (χ4n) is 7.31. The highest BCUT2D eigenvalue weighted by molar-refractivity contribution is 7.98. The van der Waals surface area contributed by atoms with E-state index < -0.39 is 78.4 Å². The van der Waals surface area contributed by atoms with Gasteiger partial charge in [0.25, 0.3) is 0 Å². The monoisotopic (exact) mass is 908 g/mol. The van der Waals surface area contributed by atoms with Crippen molar-refractivity contribution < 1.29 is 44.1 Å². The molecule has 342 valence electrons. The number of fused-ring (bicyclic) bond motifs is 2. The Hall–Kier alpha value is -7.16. The molecule has 0 unspecified atom stereocenters. The Morgan fingerprint density at radius 2 is 1.14 bits per heavy atom. The number of hydrogen-bond donors (Lipinski definition) is 12. The van der Waals surface area contributed by atoms with Crippen LogP contribution in [0.15, 0.2) is 97.7 Å². The van der Waals surface area contributed by atoms with Crippen LogP contribution in [-0.2, 0) is 54.5 Å². The van der Waals surface area contributed by atoms with Crippen molar-refractivity contribution in [3.8, 4) is 5.75 Å². The number of aromatic nitrogens is 4. The Labute approximate surface area is 377 Å². The molecule has 0 fully saturated rings. The molecular weight excluding hydrogens is 857 g/mol. The smallest absolute Gasteiger partial charge is 0.326 e. The lowest BCUT2D eigenvalue weighted by Gasteiger charge is -2.27. The van der Waals surface area contributed by atoms with Gasteiger partial charge >= 0.3 is 5.97 Å². The number of rotatable bonds is 23. The minimum absolute atomic E-state index is 0.0178. The van der Waals surface area contributed by atoms with Crippen molar-refractivity contribution in [1.29, 1.82) is 0 Å². The number of aromatic hydroxyl groups is 1. The third-order valence-corrected chi connectivity index (χ3v) is 11.5. The van der Waals surface area contributed by atoms with E-state index in [1.807, 2.05) is 54.8 Å². The number of H-pyrrole nitrogens is 3. The fraction of sp³-hybridized carbons (Fsp3) is 0.311. The van der Waals surface area contributed by atoms with Crippen LogP contribution in [0.25, 0.3) is 21.8 Å². The predicted molar refractivity (Wildman–Crippen MR) is 243 cm³/mol. The number of nitrogens with one attached hydrogen (secondary N) is 8. The number of aromatic amines is 3. The molecule has 13 N–H and O–H groups in total. The Kier molecular flexibility index (Phi) is 16.3. The summed E-state index contributed by atoms with van der Waals surface area (Å²) in [6, 6.07) is 12.7. The minimum atomic E-state index is -1.37. The van der Waals surface area contributed by atoms with Gasteiger partial charge in [0.1, 0.15) is 42.0 Å². The summed E-state index contributed by atoms with van der Waals surface area (Å²) < 4.78 is 0. The highest BCUT2D eigenvalue weighted by Gasteiger charge is 2.34. The van der Waals surface area contributed by atoms with Crippen LogP contribution in [0.2, 0.25) is 0 Å². The lowest BCUT2D eigenvalue weighted by atomic mass is 10.0. The number of nitrogens with zero attached hydrogens (tertiary/aromatic N) is 1. The van der Waals surface area contributed by atoms with Crippen LogP contribution in [0.5, 0.6) is 5.75 Å². The molecule has 0 saturated heterocycles. The van der Waals surface area contributed by atoms with E-state index in [1.165, 1.54) is 36.4 Å². The van der Waals surface area contributed by atoms with Gasteiger partial charge < -0.3 is 62.6 Å². The first-order chi connectivity index (χ1) is 31.3. The predicted octanol–water partition coefficient (Wildman–Crippen LogP) is 0.930. The highest BCUT2D eigenvalue weighted by Crippen LogP contribution is 2.21. The number of phenolic OH excluding ortho intramolecular Hbond substituents is 1. The molecule has 0 spiro atoms. The maximum absolute atomic E-state index is 14.5. The molecule has 65 heavy (non-hydrogen) atoms. The van der Waals surface area contributed by atoms with Gasteiger partial charge in [0, 0.05) is 71.8 Å². The van der Waals surface area contributed by atoms with E-state index >= 15 is 0 Å². The van der Waals surface area contributed by atoms with Crippen molar-refractivity contribution in [2.75, 3.05) is 18.6 Å². The molecular formula is C45H52N10O9S. The van der Waals surface area contributed by atoms with Crippen LogP contribution in [0.4, 0.5) is 0 Å². The topological polar surface area (TPSA) is 310 Å². The number of hydrogen-bond acceptors (Lipinski definition) is 11. The molecule has 3 aromatic heterocycles. The van der Waals surface area contributed by atoms with E-state index in [2.05, 4.69) is 46.5 Å². The van der Waals surface area contributed by atoms with Gasteiger partial charge in [0.15, 0.2) is 0 Å². The van der Waals surface area contributed by atoms with Gasteiger partial charge in [-0.25, -0.2) is 9.78 Å². The van der Waals surface area contributed by atoms with Crippen molar-refractivity contribution in [3.05, 3.63) is 120 Å². The summed E-state index contributed by atoms with van der Waals surface area (Å²) in [6.07, 6.45) is 7.86. The number of carboxylic acid groups (broad SMARTS) is 1. The van der Waals surface area contributed by atoms with Crippen LogP contribution in [0.3, 0.4) is 0 Å². The molecule has 6 aromatic rings. The Morgan fingerprint density at radius 3 is 1.68 bits per heavy atom. The Balaban J connectivity index is 1.25. The quantitative estimate of drug-likeness (QED) is 0.0428. The summed E-state index contributed by atoms with van der Waals surface area (Å²) in [5.74, 6) is -4.80. The summed E-state index contributed by atoms with van der Waals surface area (Å²) in [5, 5.41) is 44.6. The van der Waals surface area contributed by atoms with Gasteiger partial charge in [-0.05, 0) is 59.4 Å². The standard InChI is InChI=1S/C45H52N10O9S/c1-65-15-14-35(41(59)54-38(19-28-22-47-24-50-28)44(62)55-39(45(63)64)18-27-21-49-34-9-5-3-7-31(27)34)51-43(61)37(17-26-20-48-33-8-4-2-6-30(26)33)53-42(60)36(52-40(58)32(46)23-56)16-25-10-12-29(57)13-11-25/h2-13,20-22,24,32,35-39,48-49,56-57H,14-19,23,46H2,1H3,(H,47,50)(H,51,61)(H,52,58)(H,53,60)(H,54,59)(H,55,62)(H,63,64)/t32-,35-,36-,37-,38-,39-/m0/s1. The fourth-order valence-corrected chi connectivity index (χ4v) is 7.78. The summed E-state index contributed by atoms with van der Waals surface area (Å²) in [7, 11) is 0. The molecule has 0 aliphatic carbocycles. The summed E-state index contributed by atoms with van der Waals surface area (Å²) >= 11 is 1.41. The molecule has 6 atom stereocenters. The lowest BCUT2D eigenvalue weighted by Crippen LogP contribution is -2.60. The lowest BCUT2D eigenvalue weighted by molar-refractivity contribution is -0.142. The Morgan fingerprint density at radius 1 is 0.646 bits per heavy atom. The molecule has 0 aliphatic rings. The number of phenols is 1. The van der Waals surface area contributed by atoms with Gasteiger partial charge in [-0.1, -0.05) is 48.5 Å². The maximum atomic E-state index is 14.5. The number of aliphatic carboxylic acids is 1. The van der Waals surface area contributed by atoms with Gasteiger partial charge in [-0.2, -0.15) is 11.8 Å². The number of carboxylic acids is 1. The van der Waals surface area contributed by atoms with Gasteiger partial charge in [-0.15, -0.1) is 0 Å². The van der Waals surface area contributed by atoms with E-state index in [9.17, 15) is 44.1 Å². The van der Waals surface area contributed by atoms with Crippen LogP contribution in [0.1, 0.15) is 28.8 Å². The van der Waals surface area contributed by atoms with Crippen molar-refractivity contribution in [2.24, 2.45) is 5.73 Å². The molecule has 19 nitrogen and oxygen atoms in total. The molecule has 0 bridgehead atoms. The zero-order valence-electron chi connectivity index (χ0n) is 35.4. The summed E-state index contributed by atoms with van der Waals surface area (Å²) in [6.45, 7) is -0.694. The second-order valence-corrected chi connectivity index (χ2v) is 16.5. The molecule has 5 amide bonds. The van der Waals surface area contributed by atoms with Crippen LogP contribution in [-0.4, -0.2) is 126 Å². The molecule has 20 heteroatoms. The van der Waals surface area contributed by atoms with Crippen molar-refractivity contribution in [3.63, 3.8) is 0 Å². The number of benzene rings is 3. The number of imidazole rings is 1. The van der Waals surface area contributed by atoms with Crippen LogP contribution in [0, 0.1) is 0 Å². The van der Waals surface area contributed by atoms with E-state index in [0.29, 0.717) is 28.1 Å². The maximum Gasteiger partial charge on any atom is 0.326 e. The number of aliphatic hydroxyl groups excluding tert-OH is 1. The molecule has 6 rings (SSSR count). The summed E-state index contributed by atoms with van der Waals surface area (Å²) in [4.78, 5) is 95.6. The number of para-hydroxylation sites is 2. The van der Waals surface area contributed by atoms with Gasteiger partial charge in [0.2, 0.25) is 29.5 Å². The van der Waals surface area contributed by atoms with Crippen molar-refractivity contribution in [2.45, 2.75) is 68.4 Å². The third-order valence-electron chi connectivity index (χ3n) is 10.8. The van der Waals surface area contributed by atoms with Crippen molar-refractivity contribution >= 4 is 69.1 Å². The van der Waals surface area contributed by atoms with Crippen LogP contribution >= 0.6 is 11.8 Å². The number of thioether (sulfide) groups is 1. The molecule has 3 aromatic carbocycles. The molecule has 0 saturated carbocycles.